The number of likely N-dealkylation sites (N-methyl/N-ethyl adjacent to an activating group) is 1. The second-order valence-corrected chi connectivity index (χ2v) is 5.26. The molecule has 108 valence electrons. The third-order valence-corrected chi connectivity index (χ3v) is 3.45. The maximum atomic E-state index is 11.8. The zero-order chi connectivity index (χ0) is 14.5. The van der Waals surface area contributed by atoms with E-state index in [2.05, 4.69) is 36.5 Å². The van der Waals surface area contributed by atoms with Crippen molar-refractivity contribution in [3.63, 3.8) is 0 Å². The molecule has 1 N–H and O–H groups in total. The van der Waals surface area contributed by atoms with Crippen molar-refractivity contribution < 1.29 is 4.79 Å². The minimum absolute atomic E-state index is 0.108. The summed E-state index contributed by atoms with van der Waals surface area (Å²) in [6.45, 7) is 4.45. The molecule has 0 atom stereocenters. The molecule has 0 saturated heterocycles. The van der Waals surface area contributed by atoms with E-state index < -0.39 is 0 Å². The van der Waals surface area contributed by atoms with Crippen molar-refractivity contribution in [3.05, 3.63) is 36.0 Å². The molecule has 1 aromatic carbocycles. The highest BCUT2D eigenvalue weighted by Crippen LogP contribution is 2.20. The average molecular weight is 273 g/mol. The molecular formula is C16H23N3O. The quantitative estimate of drug-likeness (QED) is 0.820. The lowest BCUT2D eigenvalue weighted by molar-refractivity contribution is -0.129. The molecule has 4 heteroatoms. The summed E-state index contributed by atoms with van der Waals surface area (Å²) in [5, 5.41) is 4.65. The number of amides is 1. The highest BCUT2D eigenvalue weighted by Gasteiger charge is 2.09. The van der Waals surface area contributed by atoms with Crippen LogP contribution in [0.3, 0.4) is 0 Å². The van der Waals surface area contributed by atoms with Crippen molar-refractivity contribution in [1.29, 1.82) is 0 Å². The van der Waals surface area contributed by atoms with E-state index in [1.165, 1.54) is 10.9 Å². The number of carbonyl (C=O) groups excluding carboxylic acids is 1. The standard InChI is InChI=1S/C16H23N3O/c1-4-9-17-11-13-6-5-7-15-14(13)8-10-19(15)12-16(20)18(2)3/h5-8,10,17H,4,9,11-12H2,1-3H3. The Balaban J connectivity index is 2.23. The predicted molar refractivity (Wildman–Crippen MR) is 82.6 cm³/mol. The van der Waals surface area contributed by atoms with Crippen LogP contribution in [0.25, 0.3) is 10.9 Å². The predicted octanol–water partition coefficient (Wildman–Crippen LogP) is 2.23. The molecule has 2 rings (SSSR count). The summed E-state index contributed by atoms with van der Waals surface area (Å²) < 4.78 is 2.01. The van der Waals surface area contributed by atoms with Gasteiger partial charge in [0.1, 0.15) is 6.54 Å². The highest BCUT2D eigenvalue weighted by molar-refractivity contribution is 5.85. The Morgan fingerprint density at radius 1 is 1.30 bits per heavy atom. The lowest BCUT2D eigenvalue weighted by Gasteiger charge is -2.12. The molecule has 1 aromatic heterocycles. The van der Waals surface area contributed by atoms with Crippen LogP contribution in [0.2, 0.25) is 0 Å². The molecule has 0 saturated carbocycles. The molecule has 0 aliphatic carbocycles. The maximum Gasteiger partial charge on any atom is 0.241 e. The van der Waals surface area contributed by atoms with E-state index in [-0.39, 0.29) is 5.91 Å². The molecule has 0 unspecified atom stereocenters. The first kappa shape index (κ1) is 14.6. The van der Waals surface area contributed by atoms with Gasteiger partial charge in [0.15, 0.2) is 0 Å². The van der Waals surface area contributed by atoms with Crippen LogP contribution in [0.5, 0.6) is 0 Å². The smallest absolute Gasteiger partial charge is 0.241 e. The number of aromatic nitrogens is 1. The van der Waals surface area contributed by atoms with Gasteiger partial charge < -0.3 is 14.8 Å². The van der Waals surface area contributed by atoms with E-state index in [4.69, 9.17) is 0 Å². The van der Waals surface area contributed by atoms with E-state index in [1.807, 2.05) is 10.8 Å². The lowest BCUT2D eigenvalue weighted by Crippen LogP contribution is -2.25. The van der Waals surface area contributed by atoms with E-state index in [9.17, 15) is 4.79 Å². The number of rotatable bonds is 6. The molecule has 0 fully saturated rings. The number of hydrogen-bond donors (Lipinski definition) is 1. The van der Waals surface area contributed by atoms with Gasteiger partial charge in [0.2, 0.25) is 5.91 Å². The van der Waals surface area contributed by atoms with Crippen LogP contribution in [-0.4, -0.2) is 36.0 Å². The third kappa shape index (κ3) is 3.20. The van der Waals surface area contributed by atoms with Crippen molar-refractivity contribution in [2.24, 2.45) is 0 Å². The summed E-state index contributed by atoms with van der Waals surface area (Å²) >= 11 is 0. The van der Waals surface area contributed by atoms with Gasteiger partial charge in [-0.05, 0) is 30.7 Å². The molecule has 0 aliphatic heterocycles. The van der Waals surface area contributed by atoms with Crippen LogP contribution in [-0.2, 0) is 17.9 Å². The highest BCUT2D eigenvalue weighted by atomic mass is 16.2. The fraction of sp³-hybridized carbons (Fsp3) is 0.438. The fourth-order valence-electron chi connectivity index (χ4n) is 2.27. The number of hydrogen-bond acceptors (Lipinski definition) is 2. The Morgan fingerprint density at radius 2 is 2.10 bits per heavy atom. The van der Waals surface area contributed by atoms with Gasteiger partial charge in [-0.3, -0.25) is 4.79 Å². The van der Waals surface area contributed by atoms with E-state index >= 15 is 0 Å². The SMILES string of the molecule is CCCNCc1cccc2c1ccn2CC(=O)N(C)C. The van der Waals surface area contributed by atoms with E-state index in [1.54, 1.807) is 19.0 Å². The zero-order valence-electron chi connectivity index (χ0n) is 12.5. The van der Waals surface area contributed by atoms with Crippen molar-refractivity contribution in [2.75, 3.05) is 20.6 Å². The van der Waals surface area contributed by atoms with Gasteiger partial charge in [-0.15, -0.1) is 0 Å². The van der Waals surface area contributed by atoms with E-state index in [0.29, 0.717) is 6.54 Å². The summed E-state index contributed by atoms with van der Waals surface area (Å²) in [6.07, 6.45) is 3.13. The van der Waals surface area contributed by atoms with Gasteiger partial charge in [-0.1, -0.05) is 19.1 Å². The Morgan fingerprint density at radius 3 is 2.80 bits per heavy atom. The number of fused-ring (bicyclic) bond motifs is 1. The Kier molecular flexibility index (Phi) is 4.79. The molecule has 0 aliphatic rings. The molecule has 1 heterocycles. The number of nitrogens with one attached hydrogen (secondary N) is 1. The number of carbonyl (C=O) groups is 1. The Labute approximate surface area is 120 Å². The number of nitrogens with zero attached hydrogens (tertiary/aromatic N) is 2. The monoisotopic (exact) mass is 273 g/mol. The molecular weight excluding hydrogens is 250 g/mol. The summed E-state index contributed by atoms with van der Waals surface area (Å²) in [6, 6.07) is 8.37. The van der Waals surface area contributed by atoms with Gasteiger partial charge in [0.25, 0.3) is 0 Å². The van der Waals surface area contributed by atoms with Gasteiger partial charge in [-0.25, -0.2) is 0 Å². The first-order chi connectivity index (χ1) is 9.63. The number of benzene rings is 1. The summed E-state index contributed by atoms with van der Waals surface area (Å²) in [5.41, 5.74) is 2.41. The minimum atomic E-state index is 0.108. The summed E-state index contributed by atoms with van der Waals surface area (Å²) in [4.78, 5) is 13.5. The zero-order valence-corrected chi connectivity index (χ0v) is 12.5. The second kappa shape index (κ2) is 6.57. The fourth-order valence-corrected chi connectivity index (χ4v) is 2.27. The molecule has 1 amide bonds. The molecule has 0 spiro atoms. The van der Waals surface area contributed by atoms with Crippen LogP contribution in [0, 0.1) is 0 Å². The maximum absolute atomic E-state index is 11.8. The Bertz CT molecular complexity index is 586. The van der Waals surface area contributed by atoms with Crippen LogP contribution < -0.4 is 5.32 Å². The van der Waals surface area contributed by atoms with E-state index in [0.717, 1.165) is 25.0 Å². The van der Waals surface area contributed by atoms with Crippen LogP contribution in [0.4, 0.5) is 0 Å². The third-order valence-electron chi connectivity index (χ3n) is 3.45. The minimum Gasteiger partial charge on any atom is -0.347 e. The van der Waals surface area contributed by atoms with Crippen molar-refractivity contribution >= 4 is 16.8 Å². The largest absolute Gasteiger partial charge is 0.347 e. The van der Waals surface area contributed by atoms with Crippen LogP contribution in [0.15, 0.2) is 30.5 Å². The van der Waals surface area contributed by atoms with Crippen molar-refractivity contribution in [3.8, 4) is 0 Å². The summed E-state index contributed by atoms with van der Waals surface area (Å²) in [7, 11) is 3.57. The average Bonchev–Trinajstić information content (AvgIpc) is 2.83. The van der Waals surface area contributed by atoms with Crippen LogP contribution >= 0.6 is 0 Å². The molecule has 2 aromatic rings. The first-order valence-electron chi connectivity index (χ1n) is 7.11. The van der Waals surface area contributed by atoms with Crippen molar-refractivity contribution in [2.45, 2.75) is 26.4 Å². The lowest BCUT2D eigenvalue weighted by atomic mass is 10.1. The van der Waals surface area contributed by atoms with Crippen LogP contribution in [0.1, 0.15) is 18.9 Å². The molecule has 0 bridgehead atoms. The van der Waals surface area contributed by atoms with Gasteiger partial charge in [0.05, 0.1) is 0 Å². The van der Waals surface area contributed by atoms with Gasteiger partial charge >= 0.3 is 0 Å². The summed E-state index contributed by atoms with van der Waals surface area (Å²) in [5.74, 6) is 0.108. The molecule has 20 heavy (non-hydrogen) atoms. The van der Waals surface area contributed by atoms with Gasteiger partial charge in [-0.2, -0.15) is 0 Å². The topological polar surface area (TPSA) is 37.3 Å². The normalized spacial score (nSPS) is 10.9. The Hall–Kier alpha value is -1.81. The van der Waals surface area contributed by atoms with Crippen molar-refractivity contribution in [1.82, 2.24) is 14.8 Å². The first-order valence-corrected chi connectivity index (χ1v) is 7.11. The second-order valence-electron chi connectivity index (χ2n) is 5.26. The molecule has 4 nitrogen and oxygen atoms in total. The molecule has 0 radical (unpaired) electrons. The van der Waals surface area contributed by atoms with Gasteiger partial charge in [0, 0.05) is 37.7 Å².